The molecule has 0 aromatic carbocycles. The Morgan fingerprint density at radius 2 is 2.40 bits per heavy atom. The molecule has 1 fully saturated rings. The second-order valence-corrected chi connectivity index (χ2v) is 5.23. The number of nitrogens with zero attached hydrogens (tertiary/aromatic N) is 4. The number of fused-ring (bicyclic) bond motifs is 1. The first-order valence-corrected chi connectivity index (χ1v) is 6.27. The Balaban J connectivity index is 1.92. The monoisotopic (exact) mass is 285 g/mol. The predicted octanol–water partition coefficient (Wildman–Crippen LogP) is -1.56. The highest BCUT2D eigenvalue weighted by molar-refractivity contribution is 6.41. The number of alkyl halides is 1. The average molecular weight is 285 g/mol. The maximum Gasteiger partial charge on any atom is 0.225 e. The summed E-state index contributed by atoms with van der Waals surface area (Å²) in [7, 11) is 0. The second kappa shape index (κ2) is 4.21. The molecule has 0 bridgehead atoms. The van der Waals surface area contributed by atoms with Crippen molar-refractivity contribution >= 4 is 18.0 Å². The lowest BCUT2D eigenvalue weighted by molar-refractivity contribution is -0.255. The first-order valence-electron chi connectivity index (χ1n) is 6.27. The third-order valence-corrected chi connectivity index (χ3v) is 4.17. The molecular weight excluding hydrogens is 269 g/mol. The summed E-state index contributed by atoms with van der Waals surface area (Å²) in [6.45, 7) is 0.802. The molecule has 0 radical (unpaired) electrons. The lowest BCUT2D eigenvalue weighted by Crippen LogP contribution is -2.63. The predicted molar refractivity (Wildman–Crippen MR) is 69.0 cm³/mol. The average Bonchev–Trinajstić information content (AvgIpc) is 2.92. The quantitative estimate of drug-likeness (QED) is 0.567. The lowest BCUT2D eigenvalue weighted by Gasteiger charge is -2.40. The van der Waals surface area contributed by atoms with Crippen LogP contribution in [-0.2, 0) is 4.74 Å². The van der Waals surface area contributed by atoms with Gasteiger partial charge in [0, 0.05) is 5.92 Å². The minimum absolute atomic E-state index is 0.0764. The van der Waals surface area contributed by atoms with Gasteiger partial charge in [0.15, 0.2) is 17.3 Å². The van der Waals surface area contributed by atoms with E-state index in [1.165, 1.54) is 18.3 Å². The summed E-state index contributed by atoms with van der Waals surface area (Å²) in [5, 5.41) is 25.2. The molecule has 4 N–H and O–H groups in total. The highest BCUT2D eigenvalue weighted by Gasteiger charge is 2.66. The van der Waals surface area contributed by atoms with Crippen molar-refractivity contribution in [3.05, 3.63) is 0 Å². The number of aliphatic hydroxyl groups is 2. The van der Waals surface area contributed by atoms with E-state index in [1.54, 1.807) is 0 Å². The van der Waals surface area contributed by atoms with Crippen LogP contribution in [0.5, 0.6) is 0 Å². The van der Waals surface area contributed by atoms with E-state index >= 15 is 0 Å². The van der Waals surface area contributed by atoms with Gasteiger partial charge in [0.25, 0.3) is 0 Å². The van der Waals surface area contributed by atoms with E-state index in [1.807, 2.05) is 0 Å². The standard InChI is InChI=1S/C11H16FN5O3/c1-10(12)6(3-18)4-20-11(10,19)7-2-14-9-8(13)15-5-16-17(7)9/h5-7,18-19H,2-4H2,1H3,(H2,13,15,16). The van der Waals surface area contributed by atoms with Crippen molar-refractivity contribution in [2.75, 3.05) is 19.8 Å². The number of hydrogen-bond acceptors (Lipinski definition) is 8. The van der Waals surface area contributed by atoms with E-state index in [4.69, 9.17) is 10.5 Å². The Kier molecular flexibility index (Phi) is 2.82. The third kappa shape index (κ3) is 1.54. The molecule has 3 rings (SSSR count). The van der Waals surface area contributed by atoms with Crippen LogP contribution in [0.25, 0.3) is 0 Å². The maximum atomic E-state index is 14.9. The summed E-state index contributed by atoms with van der Waals surface area (Å²) in [5.41, 5.74) is 3.55. The van der Waals surface area contributed by atoms with Gasteiger partial charge in [0.1, 0.15) is 12.4 Å². The number of nitrogens with two attached hydrogens (primary N) is 1. The first-order chi connectivity index (χ1) is 9.41. The molecule has 8 nitrogen and oxygen atoms in total. The van der Waals surface area contributed by atoms with Crippen LogP contribution >= 0.6 is 0 Å². The van der Waals surface area contributed by atoms with Crippen LogP contribution < -0.4 is 5.73 Å². The van der Waals surface area contributed by atoms with Gasteiger partial charge in [-0.15, -0.1) is 0 Å². The molecule has 3 heterocycles. The minimum Gasteiger partial charge on any atom is -0.396 e. The van der Waals surface area contributed by atoms with Crippen molar-refractivity contribution in [1.82, 2.24) is 5.01 Å². The molecular formula is C11H16FN5O3. The molecule has 0 aliphatic carbocycles. The number of aliphatic hydroxyl groups excluding tert-OH is 1. The Labute approximate surface area is 114 Å². The number of rotatable bonds is 2. The van der Waals surface area contributed by atoms with Gasteiger partial charge in [0.05, 0.1) is 19.8 Å². The first kappa shape index (κ1) is 13.4. The van der Waals surface area contributed by atoms with Gasteiger partial charge in [-0.25, -0.2) is 14.4 Å². The highest BCUT2D eigenvalue weighted by Crippen LogP contribution is 2.46. The van der Waals surface area contributed by atoms with Crippen molar-refractivity contribution in [2.24, 2.45) is 26.7 Å². The largest absolute Gasteiger partial charge is 0.396 e. The zero-order valence-electron chi connectivity index (χ0n) is 10.9. The van der Waals surface area contributed by atoms with Crippen molar-refractivity contribution in [3.8, 4) is 0 Å². The number of hydrazone groups is 1. The van der Waals surface area contributed by atoms with E-state index in [2.05, 4.69) is 15.1 Å². The number of hydrogen-bond donors (Lipinski definition) is 3. The van der Waals surface area contributed by atoms with Crippen LogP contribution in [-0.4, -0.2) is 70.5 Å². The van der Waals surface area contributed by atoms with Crippen molar-refractivity contribution in [3.63, 3.8) is 0 Å². The van der Waals surface area contributed by atoms with E-state index in [-0.39, 0.29) is 24.8 Å². The number of aliphatic imine (C=N–C) groups is 2. The molecule has 1 saturated heterocycles. The zero-order chi connectivity index (χ0) is 14.5. The second-order valence-electron chi connectivity index (χ2n) is 5.23. The molecule has 0 aromatic heterocycles. The van der Waals surface area contributed by atoms with Crippen molar-refractivity contribution < 1.29 is 19.3 Å². The Bertz CT molecular complexity index is 520. The van der Waals surface area contributed by atoms with Crippen LogP contribution in [0.3, 0.4) is 0 Å². The summed E-state index contributed by atoms with van der Waals surface area (Å²) < 4.78 is 20.2. The van der Waals surface area contributed by atoms with Gasteiger partial charge in [-0.3, -0.25) is 4.99 Å². The minimum atomic E-state index is -2.13. The molecule has 0 spiro atoms. The topological polar surface area (TPSA) is 116 Å². The van der Waals surface area contributed by atoms with E-state index in [0.717, 1.165) is 0 Å². The fourth-order valence-electron chi connectivity index (χ4n) is 2.76. The summed E-state index contributed by atoms with van der Waals surface area (Å²) in [6, 6.07) is -0.852. The molecule has 0 aromatic rings. The highest BCUT2D eigenvalue weighted by atomic mass is 19.1. The molecule has 9 heteroatoms. The summed E-state index contributed by atoms with van der Waals surface area (Å²) >= 11 is 0. The van der Waals surface area contributed by atoms with Crippen molar-refractivity contribution in [1.29, 1.82) is 0 Å². The third-order valence-electron chi connectivity index (χ3n) is 4.17. The van der Waals surface area contributed by atoms with Gasteiger partial charge in [0.2, 0.25) is 5.79 Å². The summed E-state index contributed by atoms with van der Waals surface area (Å²) in [6.07, 6.45) is 1.21. The van der Waals surface area contributed by atoms with Crippen LogP contribution in [0.4, 0.5) is 4.39 Å². The van der Waals surface area contributed by atoms with Gasteiger partial charge in [-0.1, -0.05) is 0 Å². The SMILES string of the molecule is CC1(F)C(CO)COC1(O)C1CN=C2C(N)=NC=NN21. The van der Waals surface area contributed by atoms with Gasteiger partial charge in [-0.05, 0) is 6.92 Å². The summed E-state index contributed by atoms with van der Waals surface area (Å²) in [5.74, 6) is -2.49. The van der Waals surface area contributed by atoms with E-state index in [0.29, 0.717) is 0 Å². The van der Waals surface area contributed by atoms with Gasteiger partial charge >= 0.3 is 0 Å². The molecule has 4 unspecified atom stereocenters. The molecule has 3 aliphatic rings. The number of amidine groups is 2. The van der Waals surface area contributed by atoms with Crippen LogP contribution in [0.15, 0.2) is 15.1 Å². The molecule has 20 heavy (non-hydrogen) atoms. The number of ether oxygens (including phenoxy) is 1. The smallest absolute Gasteiger partial charge is 0.225 e. The van der Waals surface area contributed by atoms with Crippen molar-refractivity contribution in [2.45, 2.75) is 24.4 Å². The van der Waals surface area contributed by atoms with Gasteiger partial charge < -0.3 is 20.7 Å². The normalized spacial score (nSPS) is 43.5. The molecule has 3 aliphatic heterocycles. The lowest BCUT2D eigenvalue weighted by atomic mass is 9.83. The Hall–Kier alpha value is -1.58. The van der Waals surface area contributed by atoms with Gasteiger partial charge in [-0.2, -0.15) is 5.10 Å². The Morgan fingerprint density at radius 1 is 1.65 bits per heavy atom. The maximum absolute atomic E-state index is 14.9. The zero-order valence-corrected chi connectivity index (χ0v) is 10.9. The van der Waals surface area contributed by atoms with Crippen LogP contribution in [0.2, 0.25) is 0 Å². The Morgan fingerprint density at radius 3 is 3.05 bits per heavy atom. The molecule has 110 valence electrons. The molecule has 0 amide bonds. The van der Waals surface area contributed by atoms with Crippen LogP contribution in [0, 0.1) is 5.92 Å². The number of halogens is 1. The van der Waals surface area contributed by atoms with E-state index < -0.39 is 30.0 Å². The molecule has 4 atom stereocenters. The van der Waals surface area contributed by atoms with E-state index in [9.17, 15) is 14.6 Å². The summed E-state index contributed by atoms with van der Waals surface area (Å²) in [4.78, 5) is 7.93. The fraction of sp³-hybridized carbons (Fsp3) is 0.727. The van der Waals surface area contributed by atoms with Crippen LogP contribution in [0.1, 0.15) is 6.92 Å². The fourth-order valence-corrected chi connectivity index (χ4v) is 2.76. The molecule has 0 saturated carbocycles.